The maximum Gasteiger partial charge on any atom is 0.0694 e. The summed E-state index contributed by atoms with van der Waals surface area (Å²) in [4.78, 5) is 0. The molecular weight excluding hydrogens is 160 g/mol. The molecule has 1 N–H and O–H groups in total. The number of hydrogen-bond acceptors (Lipinski definition) is 1. The Bertz CT molecular complexity index is 366. The van der Waals surface area contributed by atoms with Gasteiger partial charge in [0.2, 0.25) is 0 Å². The third-order valence-electron chi connectivity index (χ3n) is 1.60. The molecule has 1 heteroatoms. The first-order valence-electron chi connectivity index (χ1n) is 4.10. The number of rotatable bonds is 1. The largest absolute Gasteiger partial charge is 0.392 e. The van der Waals surface area contributed by atoms with Crippen molar-refractivity contribution in [1.82, 2.24) is 0 Å². The zero-order valence-electron chi connectivity index (χ0n) is 7.67. The van der Waals surface area contributed by atoms with Crippen LogP contribution in [0.4, 0.5) is 0 Å². The number of allylic oxidation sites excluding steroid dienone is 1. The van der Waals surface area contributed by atoms with Crippen molar-refractivity contribution in [2.24, 2.45) is 0 Å². The predicted octanol–water partition coefficient (Wildman–Crippen LogP) is 2.11. The van der Waals surface area contributed by atoms with E-state index < -0.39 is 0 Å². The van der Waals surface area contributed by atoms with Crippen LogP contribution in [-0.4, -0.2) is 5.11 Å². The van der Waals surface area contributed by atoms with Gasteiger partial charge in [0.15, 0.2) is 0 Å². The highest BCUT2D eigenvalue weighted by Gasteiger charge is 1.94. The van der Waals surface area contributed by atoms with Gasteiger partial charge >= 0.3 is 0 Å². The zero-order chi connectivity index (χ0) is 9.68. The first-order valence-corrected chi connectivity index (χ1v) is 4.10. The van der Waals surface area contributed by atoms with Crippen LogP contribution in [0.15, 0.2) is 36.4 Å². The zero-order valence-corrected chi connectivity index (χ0v) is 7.67. The van der Waals surface area contributed by atoms with E-state index in [1.54, 1.807) is 0 Å². The second kappa shape index (κ2) is 4.49. The molecule has 0 saturated heterocycles. The van der Waals surface area contributed by atoms with E-state index in [2.05, 4.69) is 18.4 Å². The number of aliphatic hydroxyl groups is 1. The lowest BCUT2D eigenvalue weighted by Gasteiger charge is -1.98. The van der Waals surface area contributed by atoms with Crippen LogP contribution in [0.5, 0.6) is 0 Å². The molecule has 0 amide bonds. The van der Waals surface area contributed by atoms with Crippen molar-refractivity contribution in [2.75, 3.05) is 0 Å². The summed E-state index contributed by atoms with van der Waals surface area (Å²) in [5, 5.41) is 8.99. The molecule has 1 rings (SSSR count). The molecule has 0 aliphatic carbocycles. The molecule has 13 heavy (non-hydrogen) atoms. The Balaban J connectivity index is 3.02. The quantitative estimate of drug-likeness (QED) is 0.643. The van der Waals surface area contributed by atoms with E-state index in [1.807, 2.05) is 31.2 Å². The van der Waals surface area contributed by atoms with Gasteiger partial charge in [-0.05, 0) is 24.1 Å². The van der Waals surface area contributed by atoms with Gasteiger partial charge in [0.25, 0.3) is 0 Å². The van der Waals surface area contributed by atoms with Gasteiger partial charge in [0, 0.05) is 5.56 Å². The molecule has 1 nitrogen and oxygen atoms in total. The Morgan fingerprint density at radius 3 is 2.77 bits per heavy atom. The fourth-order valence-corrected chi connectivity index (χ4v) is 0.954. The van der Waals surface area contributed by atoms with Gasteiger partial charge in [0.05, 0.1) is 6.61 Å². The van der Waals surface area contributed by atoms with E-state index in [0.29, 0.717) is 0 Å². The normalized spacial score (nSPS) is 8.77. The van der Waals surface area contributed by atoms with E-state index in [4.69, 9.17) is 5.11 Å². The molecule has 1 aromatic rings. The fraction of sp³-hybridized carbons (Fsp3) is 0.167. The minimum Gasteiger partial charge on any atom is -0.392 e. The van der Waals surface area contributed by atoms with Gasteiger partial charge in [-0.2, -0.15) is 0 Å². The maximum atomic E-state index is 8.99. The van der Waals surface area contributed by atoms with Crippen molar-refractivity contribution >= 4 is 0 Å². The van der Waals surface area contributed by atoms with Gasteiger partial charge in [-0.3, -0.25) is 0 Å². The summed E-state index contributed by atoms with van der Waals surface area (Å²) in [5.74, 6) is 5.84. The molecular formula is C12H12O. The molecule has 0 radical (unpaired) electrons. The topological polar surface area (TPSA) is 20.2 Å². The van der Waals surface area contributed by atoms with Crippen LogP contribution < -0.4 is 0 Å². The molecule has 0 aliphatic rings. The Morgan fingerprint density at radius 1 is 1.46 bits per heavy atom. The summed E-state index contributed by atoms with van der Waals surface area (Å²) in [5.41, 5.74) is 2.55. The molecule has 0 heterocycles. The van der Waals surface area contributed by atoms with Gasteiger partial charge in [-0.25, -0.2) is 0 Å². The van der Waals surface area contributed by atoms with Gasteiger partial charge in [-0.1, -0.05) is 36.6 Å². The molecule has 66 valence electrons. The number of hydrogen-bond donors (Lipinski definition) is 1. The SMILES string of the molecule is C=C(C)C#Cc1ccccc1CO. The highest BCUT2D eigenvalue weighted by atomic mass is 16.3. The Kier molecular flexibility index (Phi) is 3.31. The van der Waals surface area contributed by atoms with Gasteiger partial charge in [0.1, 0.15) is 0 Å². The molecule has 1 aromatic carbocycles. The minimum atomic E-state index is 0.0288. The van der Waals surface area contributed by atoms with Crippen LogP contribution in [0.2, 0.25) is 0 Å². The lowest BCUT2D eigenvalue weighted by atomic mass is 10.1. The van der Waals surface area contributed by atoms with Crippen molar-refractivity contribution in [3.63, 3.8) is 0 Å². The standard InChI is InChI=1S/C12H12O/c1-10(2)7-8-11-5-3-4-6-12(11)9-13/h3-6,13H,1,9H2,2H3. The van der Waals surface area contributed by atoms with E-state index in [0.717, 1.165) is 16.7 Å². The molecule has 0 aliphatic heterocycles. The second-order valence-electron chi connectivity index (χ2n) is 2.85. The monoisotopic (exact) mass is 172 g/mol. The van der Waals surface area contributed by atoms with Crippen LogP contribution in [0.25, 0.3) is 0 Å². The van der Waals surface area contributed by atoms with Crippen molar-refractivity contribution in [1.29, 1.82) is 0 Å². The highest BCUT2D eigenvalue weighted by molar-refractivity contribution is 5.44. The highest BCUT2D eigenvalue weighted by Crippen LogP contribution is 2.06. The van der Waals surface area contributed by atoms with E-state index in [1.165, 1.54) is 0 Å². The van der Waals surface area contributed by atoms with Crippen molar-refractivity contribution < 1.29 is 5.11 Å². The smallest absolute Gasteiger partial charge is 0.0694 e. The van der Waals surface area contributed by atoms with Crippen LogP contribution in [0, 0.1) is 11.8 Å². The second-order valence-corrected chi connectivity index (χ2v) is 2.85. The first kappa shape index (κ1) is 9.57. The van der Waals surface area contributed by atoms with Crippen LogP contribution in [0.1, 0.15) is 18.1 Å². The van der Waals surface area contributed by atoms with Crippen LogP contribution in [-0.2, 0) is 6.61 Å². The summed E-state index contributed by atoms with van der Waals surface area (Å²) in [6.45, 7) is 5.57. The third-order valence-corrected chi connectivity index (χ3v) is 1.60. The maximum absolute atomic E-state index is 8.99. The number of aliphatic hydroxyl groups excluding tert-OH is 1. The van der Waals surface area contributed by atoms with Crippen molar-refractivity contribution in [3.8, 4) is 11.8 Å². The molecule has 0 atom stereocenters. The molecule has 0 bridgehead atoms. The average Bonchev–Trinajstić information content (AvgIpc) is 2.15. The predicted molar refractivity (Wildman–Crippen MR) is 54.1 cm³/mol. The Labute approximate surface area is 78.7 Å². The van der Waals surface area contributed by atoms with E-state index in [9.17, 15) is 0 Å². The summed E-state index contributed by atoms with van der Waals surface area (Å²) in [7, 11) is 0. The third kappa shape index (κ3) is 2.77. The fourth-order valence-electron chi connectivity index (χ4n) is 0.954. The molecule has 0 saturated carbocycles. The van der Waals surface area contributed by atoms with E-state index in [-0.39, 0.29) is 6.61 Å². The lowest BCUT2D eigenvalue weighted by molar-refractivity contribution is 0.281. The van der Waals surface area contributed by atoms with Crippen LogP contribution >= 0.6 is 0 Å². The van der Waals surface area contributed by atoms with E-state index >= 15 is 0 Å². The van der Waals surface area contributed by atoms with Gasteiger partial charge in [-0.15, -0.1) is 0 Å². The Hall–Kier alpha value is -1.52. The molecule has 0 spiro atoms. The average molecular weight is 172 g/mol. The van der Waals surface area contributed by atoms with Gasteiger partial charge < -0.3 is 5.11 Å². The summed E-state index contributed by atoms with van der Waals surface area (Å²) >= 11 is 0. The summed E-state index contributed by atoms with van der Waals surface area (Å²) in [6, 6.07) is 7.54. The summed E-state index contributed by atoms with van der Waals surface area (Å²) in [6.07, 6.45) is 0. The first-order chi connectivity index (χ1) is 6.24. The molecule has 0 unspecified atom stereocenters. The molecule has 0 fully saturated rings. The molecule has 0 aromatic heterocycles. The van der Waals surface area contributed by atoms with Crippen LogP contribution in [0.3, 0.4) is 0 Å². The summed E-state index contributed by atoms with van der Waals surface area (Å²) < 4.78 is 0. The van der Waals surface area contributed by atoms with Crippen molar-refractivity contribution in [2.45, 2.75) is 13.5 Å². The number of benzene rings is 1. The Morgan fingerprint density at radius 2 is 2.15 bits per heavy atom. The minimum absolute atomic E-state index is 0.0288. The lowest BCUT2D eigenvalue weighted by Crippen LogP contribution is -1.87. The van der Waals surface area contributed by atoms with Crippen molar-refractivity contribution in [3.05, 3.63) is 47.5 Å².